The third-order valence-electron chi connectivity index (χ3n) is 4.29. The van der Waals surface area contributed by atoms with E-state index in [2.05, 4.69) is 10.2 Å². The Morgan fingerprint density at radius 3 is 2.91 bits per heavy atom. The summed E-state index contributed by atoms with van der Waals surface area (Å²) in [6.07, 6.45) is 1.53. The first-order valence-electron chi connectivity index (χ1n) is 7.45. The molecule has 8 nitrogen and oxygen atoms in total. The Kier molecular flexibility index (Phi) is 3.56. The number of rotatable bonds is 3. The fourth-order valence-electron chi connectivity index (χ4n) is 3.16. The lowest BCUT2D eigenvalue weighted by atomic mass is 9.96. The van der Waals surface area contributed by atoms with Gasteiger partial charge in [0.1, 0.15) is 0 Å². The predicted molar refractivity (Wildman–Crippen MR) is 83.1 cm³/mol. The van der Waals surface area contributed by atoms with Gasteiger partial charge in [0.15, 0.2) is 5.69 Å². The van der Waals surface area contributed by atoms with Crippen LogP contribution in [0.25, 0.3) is 10.9 Å². The van der Waals surface area contributed by atoms with Gasteiger partial charge in [-0.25, -0.2) is 0 Å². The van der Waals surface area contributed by atoms with Crippen LogP contribution in [-0.4, -0.2) is 49.2 Å². The fraction of sp³-hybridized carbons (Fsp3) is 0.467. The molecule has 2 heterocycles. The van der Waals surface area contributed by atoms with Crippen molar-refractivity contribution in [3.63, 3.8) is 0 Å². The Labute approximate surface area is 132 Å². The third kappa shape index (κ3) is 2.65. The molecule has 1 unspecified atom stereocenters. The molecule has 23 heavy (non-hydrogen) atoms. The molecule has 2 aromatic rings. The van der Waals surface area contributed by atoms with Crippen molar-refractivity contribution in [1.82, 2.24) is 15.1 Å². The summed E-state index contributed by atoms with van der Waals surface area (Å²) in [6.45, 7) is 3.89. The van der Waals surface area contributed by atoms with Gasteiger partial charge in [-0.1, -0.05) is 0 Å². The van der Waals surface area contributed by atoms with Crippen molar-refractivity contribution in [2.45, 2.75) is 38.3 Å². The minimum Gasteiger partial charge on any atom is -0.388 e. The second kappa shape index (κ2) is 5.31. The number of fused-ring (bicyclic) bond motifs is 1. The number of nitro benzene ring substituents is 1. The van der Waals surface area contributed by atoms with Gasteiger partial charge in [0.2, 0.25) is 0 Å². The first-order valence-corrected chi connectivity index (χ1v) is 7.45. The van der Waals surface area contributed by atoms with Crippen molar-refractivity contribution >= 4 is 22.5 Å². The maximum Gasteiger partial charge on any atom is 0.275 e. The van der Waals surface area contributed by atoms with E-state index in [1.165, 1.54) is 18.2 Å². The van der Waals surface area contributed by atoms with Gasteiger partial charge in [0, 0.05) is 24.1 Å². The molecular formula is C15H18N4O4. The zero-order chi connectivity index (χ0) is 16.8. The number of carbonyl (C=O) groups is 1. The van der Waals surface area contributed by atoms with Gasteiger partial charge < -0.3 is 10.0 Å². The number of hydrogen-bond donors (Lipinski definition) is 2. The molecule has 8 heteroatoms. The predicted octanol–water partition coefficient (Wildman–Crippen LogP) is 1.85. The quantitative estimate of drug-likeness (QED) is 0.662. The molecule has 0 spiro atoms. The molecule has 1 aliphatic rings. The molecule has 0 bridgehead atoms. The summed E-state index contributed by atoms with van der Waals surface area (Å²) < 4.78 is 0. The number of amides is 1. The van der Waals surface area contributed by atoms with E-state index < -0.39 is 10.5 Å². The SMILES string of the molecule is CC(C)(O)C1CCCN1C(=O)c1n[nH]c2ccc([N+](=O)[O-])cc12. The van der Waals surface area contributed by atoms with E-state index in [9.17, 15) is 20.0 Å². The number of aromatic nitrogens is 2. The van der Waals surface area contributed by atoms with E-state index in [1.54, 1.807) is 18.7 Å². The summed E-state index contributed by atoms with van der Waals surface area (Å²) >= 11 is 0. The highest BCUT2D eigenvalue weighted by molar-refractivity contribution is 6.05. The highest BCUT2D eigenvalue weighted by Crippen LogP contribution is 2.30. The van der Waals surface area contributed by atoms with Crippen LogP contribution in [0, 0.1) is 10.1 Å². The zero-order valence-corrected chi connectivity index (χ0v) is 12.9. The van der Waals surface area contributed by atoms with Gasteiger partial charge in [0.25, 0.3) is 11.6 Å². The molecule has 0 saturated carbocycles. The van der Waals surface area contributed by atoms with Crippen LogP contribution in [0.15, 0.2) is 18.2 Å². The summed E-state index contributed by atoms with van der Waals surface area (Å²) in [5.74, 6) is -0.318. The number of carbonyl (C=O) groups excluding carboxylic acids is 1. The number of H-pyrrole nitrogens is 1. The van der Waals surface area contributed by atoms with Crippen LogP contribution in [0.1, 0.15) is 37.2 Å². The highest BCUT2D eigenvalue weighted by Gasteiger charge is 2.39. The number of nitrogens with zero attached hydrogens (tertiary/aromatic N) is 3. The van der Waals surface area contributed by atoms with Crippen molar-refractivity contribution in [3.8, 4) is 0 Å². The van der Waals surface area contributed by atoms with Gasteiger partial charge in [-0.05, 0) is 32.8 Å². The Morgan fingerprint density at radius 2 is 2.26 bits per heavy atom. The largest absolute Gasteiger partial charge is 0.388 e. The Morgan fingerprint density at radius 1 is 1.52 bits per heavy atom. The number of benzene rings is 1. The molecular weight excluding hydrogens is 300 g/mol. The van der Waals surface area contributed by atoms with Crippen molar-refractivity contribution in [1.29, 1.82) is 0 Å². The molecule has 1 aliphatic heterocycles. The average molecular weight is 318 g/mol. The Bertz CT molecular complexity index is 777. The first-order chi connectivity index (χ1) is 10.8. The van der Waals surface area contributed by atoms with Crippen LogP contribution in [0.3, 0.4) is 0 Å². The van der Waals surface area contributed by atoms with Crippen LogP contribution in [-0.2, 0) is 0 Å². The molecule has 0 aliphatic carbocycles. The zero-order valence-electron chi connectivity index (χ0n) is 12.9. The summed E-state index contributed by atoms with van der Waals surface area (Å²) in [4.78, 5) is 24.9. The molecule has 1 aromatic heterocycles. The van der Waals surface area contributed by atoms with Crippen LogP contribution < -0.4 is 0 Å². The molecule has 1 amide bonds. The topological polar surface area (TPSA) is 112 Å². The minimum absolute atomic E-state index is 0.0894. The van der Waals surface area contributed by atoms with Crippen LogP contribution in [0.2, 0.25) is 0 Å². The molecule has 122 valence electrons. The van der Waals surface area contributed by atoms with E-state index in [0.717, 1.165) is 12.8 Å². The van der Waals surface area contributed by atoms with Gasteiger partial charge in [0.05, 0.1) is 22.1 Å². The molecule has 3 rings (SSSR count). The first kappa shape index (κ1) is 15.4. The third-order valence-corrected chi connectivity index (χ3v) is 4.29. The van der Waals surface area contributed by atoms with Crippen LogP contribution in [0.5, 0.6) is 0 Å². The Hall–Kier alpha value is -2.48. The average Bonchev–Trinajstić information content (AvgIpc) is 3.12. The summed E-state index contributed by atoms with van der Waals surface area (Å²) in [7, 11) is 0. The van der Waals surface area contributed by atoms with Crippen molar-refractivity contribution in [3.05, 3.63) is 34.0 Å². The van der Waals surface area contributed by atoms with E-state index >= 15 is 0 Å². The lowest BCUT2D eigenvalue weighted by molar-refractivity contribution is -0.384. The van der Waals surface area contributed by atoms with E-state index in [4.69, 9.17) is 0 Å². The lowest BCUT2D eigenvalue weighted by Crippen LogP contribution is -2.48. The van der Waals surface area contributed by atoms with Gasteiger partial charge in [-0.3, -0.25) is 20.0 Å². The standard InChI is InChI=1S/C15H18N4O4/c1-15(2,21)12-4-3-7-18(12)14(20)13-10-8-9(19(22)23)5-6-11(10)16-17-13/h5-6,8,12,21H,3-4,7H2,1-2H3,(H,16,17). The summed E-state index contributed by atoms with van der Waals surface area (Å²) in [5.41, 5.74) is -0.379. The maximum atomic E-state index is 12.8. The molecule has 1 fully saturated rings. The van der Waals surface area contributed by atoms with Crippen molar-refractivity contribution in [2.24, 2.45) is 0 Å². The van der Waals surface area contributed by atoms with Gasteiger partial charge in [-0.15, -0.1) is 0 Å². The molecule has 1 aromatic carbocycles. The summed E-state index contributed by atoms with van der Waals surface area (Å²) in [6, 6.07) is 3.96. The smallest absolute Gasteiger partial charge is 0.275 e. The number of nitro groups is 1. The normalized spacial score (nSPS) is 18.6. The molecule has 1 atom stereocenters. The minimum atomic E-state index is -1.01. The van der Waals surface area contributed by atoms with Gasteiger partial charge >= 0.3 is 0 Å². The second-order valence-corrected chi connectivity index (χ2v) is 6.37. The van der Waals surface area contributed by atoms with Crippen molar-refractivity contribution in [2.75, 3.05) is 6.54 Å². The van der Waals surface area contributed by atoms with E-state index in [-0.39, 0.29) is 23.3 Å². The molecule has 2 N–H and O–H groups in total. The van der Waals surface area contributed by atoms with Crippen molar-refractivity contribution < 1.29 is 14.8 Å². The van der Waals surface area contributed by atoms with Crippen LogP contribution >= 0.6 is 0 Å². The molecule has 1 saturated heterocycles. The molecule has 0 radical (unpaired) electrons. The van der Waals surface area contributed by atoms with Crippen LogP contribution in [0.4, 0.5) is 5.69 Å². The monoisotopic (exact) mass is 318 g/mol. The lowest BCUT2D eigenvalue weighted by Gasteiger charge is -2.33. The highest BCUT2D eigenvalue weighted by atomic mass is 16.6. The Balaban J connectivity index is 2.01. The fourth-order valence-corrected chi connectivity index (χ4v) is 3.16. The number of non-ortho nitro benzene ring substituents is 1. The second-order valence-electron chi connectivity index (χ2n) is 6.37. The van der Waals surface area contributed by atoms with E-state index in [0.29, 0.717) is 17.4 Å². The van der Waals surface area contributed by atoms with E-state index in [1.807, 2.05) is 0 Å². The summed E-state index contributed by atoms with van der Waals surface area (Å²) in [5, 5.41) is 28.4. The number of aliphatic hydroxyl groups is 1. The number of hydrogen-bond acceptors (Lipinski definition) is 5. The number of aromatic amines is 1. The number of nitrogens with one attached hydrogen (secondary N) is 1. The number of likely N-dealkylation sites (tertiary alicyclic amines) is 1. The van der Waals surface area contributed by atoms with Gasteiger partial charge in [-0.2, -0.15) is 5.10 Å². The maximum absolute atomic E-state index is 12.8.